The van der Waals surface area contributed by atoms with Crippen molar-refractivity contribution in [3.8, 4) is 5.75 Å². The summed E-state index contributed by atoms with van der Waals surface area (Å²) in [6.45, 7) is 4.22. The third-order valence-electron chi connectivity index (χ3n) is 3.53. The van der Waals surface area contributed by atoms with E-state index in [1.54, 1.807) is 0 Å². The summed E-state index contributed by atoms with van der Waals surface area (Å²) in [5.74, 6) is 2.37. The van der Waals surface area contributed by atoms with E-state index >= 15 is 0 Å². The summed E-state index contributed by atoms with van der Waals surface area (Å²) in [5, 5.41) is 3.52. The molecule has 1 atom stereocenters. The smallest absolute Gasteiger partial charge is 0.123 e. The molecule has 0 spiro atoms. The van der Waals surface area contributed by atoms with E-state index < -0.39 is 0 Å². The molecule has 1 aliphatic rings. The predicted molar refractivity (Wildman–Crippen MR) is 84.4 cm³/mol. The molecule has 1 heterocycles. The predicted octanol–water partition coefficient (Wildman–Crippen LogP) is 3.42. The lowest BCUT2D eigenvalue weighted by Crippen LogP contribution is -2.30. The highest BCUT2D eigenvalue weighted by Gasteiger charge is 2.21. The van der Waals surface area contributed by atoms with Crippen molar-refractivity contribution in [2.75, 3.05) is 25.1 Å². The van der Waals surface area contributed by atoms with Gasteiger partial charge in [-0.3, -0.25) is 0 Å². The van der Waals surface area contributed by atoms with Crippen LogP contribution in [0.4, 0.5) is 0 Å². The van der Waals surface area contributed by atoms with Crippen molar-refractivity contribution in [3.63, 3.8) is 0 Å². The minimum Gasteiger partial charge on any atom is -0.488 e. The quantitative estimate of drug-likeness (QED) is 0.737. The van der Waals surface area contributed by atoms with Gasteiger partial charge in [0, 0.05) is 13.0 Å². The normalized spacial score (nSPS) is 17.3. The molecule has 0 bridgehead atoms. The minimum atomic E-state index is 0.322. The summed E-state index contributed by atoms with van der Waals surface area (Å²) >= 11 is 1.94. The first-order valence-corrected chi connectivity index (χ1v) is 8.65. The second-order valence-corrected chi connectivity index (χ2v) is 6.30. The van der Waals surface area contributed by atoms with Crippen molar-refractivity contribution in [2.45, 2.75) is 38.7 Å². The summed E-state index contributed by atoms with van der Waals surface area (Å²) in [6.07, 6.45) is 7.50. The molecule has 0 saturated heterocycles. The maximum Gasteiger partial charge on any atom is 0.123 e. The van der Waals surface area contributed by atoms with Gasteiger partial charge in [-0.2, -0.15) is 11.8 Å². The van der Waals surface area contributed by atoms with E-state index in [0.717, 1.165) is 25.3 Å². The lowest BCUT2D eigenvalue weighted by atomic mass is 10.1. The van der Waals surface area contributed by atoms with Gasteiger partial charge in [-0.25, -0.2) is 0 Å². The van der Waals surface area contributed by atoms with Gasteiger partial charge in [0.05, 0.1) is 0 Å². The summed E-state index contributed by atoms with van der Waals surface area (Å²) in [6, 6.07) is 6.48. The van der Waals surface area contributed by atoms with Crippen molar-refractivity contribution < 1.29 is 4.74 Å². The SMILES string of the molecule is CSCCCCCNCC1Cc2cc(C)ccc2O1. The van der Waals surface area contributed by atoms with Crippen LogP contribution in [-0.2, 0) is 6.42 Å². The molecule has 0 aromatic heterocycles. The van der Waals surface area contributed by atoms with E-state index in [0.29, 0.717) is 6.10 Å². The van der Waals surface area contributed by atoms with Crippen molar-refractivity contribution in [3.05, 3.63) is 29.3 Å². The van der Waals surface area contributed by atoms with Crippen LogP contribution in [0.5, 0.6) is 5.75 Å². The Morgan fingerprint density at radius 2 is 2.21 bits per heavy atom. The number of aryl methyl sites for hydroxylation is 1. The van der Waals surface area contributed by atoms with Crippen LogP contribution in [0.15, 0.2) is 18.2 Å². The number of ether oxygens (including phenoxy) is 1. The van der Waals surface area contributed by atoms with Gasteiger partial charge in [0.25, 0.3) is 0 Å². The van der Waals surface area contributed by atoms with Crippen molar-refractivity contribution >= 4 is 11.8 Å². The zero-order valence-corrected chi connectivity index (χ0v) is 12.9. The van der Waals surface area contributed by atoms with Gasteiger partial charge in [-0.1, -0.05) is 24.1 Å². The molecule has 0 radical (unpaired) electrons. The van der Waals surface area contributed by atoms with Crippen LogP contribution in [0.3, 0.4) is 0 Å². The molecule has 0 saturated carbocycles. The van der Waals surface area contributed by atoms with Gasteiger partial charge in [-0.05, 0) is 49.9 Å². The second-order valence-electron chi connectivity index (χ2n) is 5.31. The Bertz CT molecular complexity index is 394. The van der Waals surface area contributed by atoms with E-state index in [4.69, 9.17) is 4.74 Å². The second kappa shape index (κ2) is 7.81. The van der Waals surface area contributed by atoms with Crippen LogP contribution in [0.25, 0.3) is 0 Å². The molecule has 2 rings (SSSR count). The molecule has 1 aromatic rings. The molecule has 0 aliphatic carbocycles. The molecule has 0 amide bonds. The molecule has 0 fully saturated rings. The van der Waals surface area contributed by atoms with Crippen molar-refractivity contribution in [2.24, 2.45) is 0 Å². The Kier molecular flexibility index (Phi) is 6.05. The van der Waals surface area contributed by atoms with Crippen LogP contribution in [0, 0.1) is 6.92 Å². The van der Waals surface area contributed by atoms with Gasteiger partial charge >= 0.3 is 0 Å². The number of hydrogen-bond donors (Lipinski definition) is 1. The topological polar surface area (TPSA) is 21.3 Å². The summed E-state index contributed by atoms with van der Waals surface area (Å²) in [7, 11) is 0. The fraction of sp³-hybridized carbons (Fsp3) is 0.625. The summed E-state index contributed by atoms with van der Waals surface area (Å²) in [4.78, 5) is 0. The molecule has 2 nitrogen and oxygen atoms in total. The molecule has 1 aliphatic heterocycles. The van der Waals surface area contributed by atoms with E-state index in [1.807, 2.05) is 11.8 Å². The van der Waals surface area contributed by atoms with Crippen LogP contribution in [0.2, 0.25) is 0 Å². The lowest BCUT2D eigenvalue weighted by molar-refractivity contribution is 0.227. The highest BCUT2D eigenvalue weighted by molar-refractivity contribution is 7.98. The number of nitrogens with one attached hydrogen (secondary N) is 1. The third kappa shape index (κ3) is 4.73. The highest BCUT2D eigenvalue weighted by Crippen LogP contribution is 2.29. The number of unbranched alkanes of at least 4 members (excludes halogenated alkanes) is 2. The Balaban J connectivity index is 1.59. The van der Waals surface area contributed by atoms with E-state index in [-0.39, 0.29) is 0 Å². The number of rotatable bonds is 8. The van der Waals surface area contributed by atoms with Crippen molar-refractivity contribution in [1.29, 1.82) is 0 Å². The van der Waals surface area contributed by atoms with E-state index in [1.165, 1.54) is 36.1 Å². The Morgan fingerprint density at radius 3 is 3.05 bits per heavy atom. The van der Waals surface area contributed by atoms with E-state index in [2.05, 4.69) is 36.7 Å². The summed E-state index contributed by atoms with van der Waals surface area (Å²) in [5.41, 5.74) is 2.69. The third-order valence-corrected chi connectivity index (χ3v) is 4.23. The minimum absolute atomic E-state index is 0.322. The monoisotopic (exact) mass is 279 g/mol. The van der Waals surface area contributed by atoms with Gasteiger partial charge in [0.2, 0.25) is 0 Å². The Hall–Kier alpha value is -0.670. The van der Waals surface area contributed by atoms with Gasteiger partial charge in [0.1, 0.15) is 11.9 Å². The Labute approximate surface area is 121 Å². The average molecular weight is 279 g/mol. The molecule has 1 aromatic carbocycles. The molecule has 106 valence electrons. The first kappa shape index (κ1) is 14.7. The molecular formula is C16H25NOS. The maximum atomic E-state index is 5.94. The fourth-order valence-corrected chi connectivity index (χ4v) is 2.99. The van der Waals surface area contributed by atoms with E-state index in [9.17, 15) is 0 Å². The van der Waals surface area contributed by atoms with Gasteiger partial charge in [0.15, 0.2) is 0 Å². The first-order valence-electron chi connectivity index (χ1n) is 7.25. The molecule has 1 unspecified atom stereocenters. The highest BCUT2D eigenvalue weighted by atomic mass is 32.2. The first-order chi connectivity index (χ1) is 9.29. The number of thioether (sulfide) groups is 1. The molecule has 3 heteroatoms. The number of fused-ring (bicyclic) bond motifs is 1. The zero-order chi connectivity index (χ0) is 13.5. The van der Waals surface area contributed by atoms with Crippen LogP contribution in [0.1, 0.15) is 30.4 Å². The average Bonchev–Trinajstić information content (AvgIpc) is 2.79. The fourth-order valence-electron chi connectivity index (χ4n) is 2.50. The maximum absolute atomic E-state index is 5.94. The van der Waals surface area contributed by atoms with Crippen LogP contribution in [-0.4, -0.2) is 31.2 Å². The largest absolute Gasteiger partial charge is 0.488 e. The summed E-state index contributed by atoms with van der Waals surface area (Å²) < 4.78 is 5.94. The molecule has 19 heavy (non-hydrogen) atoms. The number of hydrogen-bond acceptors (Lipinski definition) is 3. The number of benzene rings is 1. The lowest BCUT2D eigenvalue weighted by Gasteiger charge is -2.11. The standard InChI is InChI=1S/C16H25NOS/c1-13-6-7-16-14(10-13)11-15(18-16)12-17-8-4-3-5-9-19-2/h6-7,10,15,17H,3-5,8-9,11-12H2,1-2H3. The van der Waals surface area contributed by atoms with Crippen LogP contribution >= 0.6 is 11.8 Å². The Morgan fingerprint density at radius 1 is 1.32 bits per heavy atom. The zero-order valence-electron chi connectivity index (χ0n) is 12.1. The van der Waals surface area contributed by atoms with Gasteiger partial charge < -0.3 is 10.1 Å². The molecular weight excluding hydrogens is 254 g/mol. The molecule has 1 N–H and O–H groups in total. The van der Waals surface area contributed by atoms with Gasteiger partial charge in [-0.15, -0.1) is 0 Å². The van der Waals surface area contributed by atoms with Crippen molar-refractivity contribution in [1.82, 2.24) is 5.32 Å². The van der Waals surface area contributed by atoms with Crippen LogP contribution < -0.4 is 10.1 Å².